The first-order valence-corrected chi connectivity index (χ1v) is 43.5. The molecule has 0 bridgehead atoms. The standard InChI is InChI=1S/C95H136O21/c1-18-74-56(5)55(4)65(14)90(105-74)115-86-61(10)58(7)76(20-3)107-94(86)116-87-81(97)78(109-95(88(87)101-49-72-42-32-24-33-43-72)113-82-63(12)66(15)89(102-50-73-44-34-25-35-45-73)110-79(82)52-99-47-70-38-28-22-29-39-70)54-103-92-84(60(9)57(6)75(19-2)106-92)114-91-67(16)64(13)83(80(111-91)53-100-48-71-40-30-23-31-41-71)112-93-85(104-68(17)96)62(11)59(8)77(108-93)51-98-46-69-36-26-21-27-37-69/h21-45,55-67,74-95,97H,18-20,46-54H2,1-17H3/t55-,56?,57-,58+,59+,60-,61+,62-,63+,64+,65?,66?,67?,74?,75?,76?,77?,78?,79?,80?,81+,82-,83-,84?,85?,86?,87-,88?,89+,90-,91-,92-,93-,94-,95-/m0/s1. The van der Waals surface area contributed by atoms with E-state index in [-0.39, 0.29) is 116 Å². The molecule has 7 fully saturated rings. The molecule has 5 aromatic carbocycles. The second-order valence-electron chi connectivity index (χ2n) is 34.7. The second kappa shape index (κ2) is 43.0. The van der Waals surface area contributed by atoms with Crippen LogP contribution in [0.1, 0.15) is 165 Å². The maximum absolute atomic E-state index is 13.7. The van der Waals surface area contributed by atoms with Gasteiger partial charge in [-0.15, -0.1) is 0 Å². The zero-order chi connectivity index (χ0) is 82.3. The summed E-state index contributed by atoms with van der Waals surface area (Å²) in [6, 6.07) is 50.1. The summed E-state index contributed by atoms with van der Waals surface area (Å²) in [7, 11) is 0. The number of rotatable bonds is 35. The van der Waals surface area contributed by atoms with Crippen LogP contribution in [0.5, 0.6) is 0 Å². The summed E-state index contributed by atoms with van der Waals surface area (Å²) < 4.78 is 134. The minimum absolute atomic E-state index is 0.00625. The van der Waals surface area contributed by atoms with Gasteiger partial charge in [-0.05, 0) is 100 Å². The number of carbonyl (C=O) groups excluding carboxylic acids is 1. The molecule has 21 nitrogen and oxygen atoms in total. The van der Waals surface area contributed by atoms with Crippen molar-refractivity contribution in [3.63, 3.8) is 0 Å². The summed E-state index contributed by atoms with van der Waals surface area (Å²) in [4.78, 5) is 13.0. The molecule has 0 saturated carbocycles. The molecular weight excluding hydrogens is 1480 g/mol. The number of carbonyl (C=O) groups is 1. The lowest BCUT2D eigenvalue weighted by Crippen LogP contribution is -2.65. The maximum atomic E-state index is 13.7. The van der Waals surface area contributed by atoms with Gasteiger partial charge in [-0.3, -0.25) is 4.79 Å². The largest absolute Gasteiger partial charge is 0.457 e. The van der Waals surface area contributed by atoms with Crippen LogP contribution < -0.4 is 0 Å². The van der Waals surface area contributed by atoms with Gasteiger partial charge < -0.3 is 95.1 Å². The van der Waals surface area contributed by atoms with Crippen LogP contribution in [0.4, 0.5) is 0 Å². The number of aliphatic hydroxyl groups excluding tert-OH is 1. The average Bonchev–Trinajstić information content (AvgIpc) is 0.789. The lowest BCUT2D eigenvalue weighted by atomic mass is 9.78. The Morgan fingerprint density at radius 1 is 0.276 bits per heavy atom. The fourth-order valence-corrected chi connectivity index (χ4v) is 18.2. The maximum Gasteiger partial charge on any atom is 0.303 e. The third-order valence-corrected chi connectivity index (χ3v) is 27.2. The van der Waals surface area contributed by atoms with Crippen molar-refractivity contribution in [2.24, 2.45) is 76.9 Å². The zero-order valence-electron chi connectivity index (χ0n) is 71.7. The molecule has 35 atom stereocenters. The number of esters is 1. The summed E-state index contributed by atoms with van der Waals surface area (Å²) in [5.74, 6) is -1.14. The Morgan fingerprint density at radius 3 is 1.03 bits per heavy atom. The lowest BCUT2D eigenvalue weighted by Gasteiger charge is -2.52. The van der Waals surface area contributed by atoms with E-state index in [0.717, 1.165) is 34.2 Å². The fourth-order valence-electron chi connectivity index (χ4n) is 18.2. The van der Waals surface area contributed by atoms with Gasteiger partial charge in [0.25, 0.3) is 0 Å². The molecule has 15 unspecified atom stereocenters. The topological polar surface area (TPSA) is 213 Å². The van der Waals surface area contributed by atoms with Crippen molar-refractivity contribution in [2.45, 2.75) is 306 Å². The van der Waals surface area contributed by atoms with E-state index in [0.29, 0.717) is 57.7 Å². The minimum Gasteiger partial charge on any atom is -0.457 e. The summed E-state index contributed by atoms with van der Waals surface area (Å²) in [6.07, 6.45) is -14.7. The van der Waals surface area contributed by atoms with Gasteiger partial charge in [-0.2, -0.15) is 0 Å². The van der Waals surface area contributed by atoms with Gasteiger partial charge in [0.15, 0.2) is 50.1 Å². The van der Waals surface area contributed by atoms with E-state index in [9.17, 15) is 9.90 Å². The van der Waals surface area contributed by atoms with Gasteiger partial charge in [0.1, 0.15) is 48.8 Å². The Hall–Kier alpha value is -5.19. The fraction of sp³-hybridized carbons (Fsp3) is 0.674. The van der Waals surface area contributed by atoms with Gasteiger partial charge in [-0.25, -0.2) is 0 Å². The highest BCUT2D eigenvalue weighted by Crippen LogP contribution is 2.47. The Balaban J connectivity index is 0.868. The predicted octanol–water partition coefficient (Wildman–Crippen LogP) is 16.2. The summed E-state index contributed by atoms with van der Waals surface area (Å²) in [5.41, 5.74) is 4.96. The first kappa shape index (κ1) is 90.1. The Morgan fingerprint density at radius 2 is 0.578 bits per heavy atom. The molecule has 0 aromatic heterocycles. The molecule has 642 valence electrons. The third kappa shape index (κ3) is 22.4. The summed E-state index contributed by atoms with van der Waals surface area (Å²) in [5, 5.41) is 13.7. The van der Waals surface area contributed by atoms with E-state index in [1.807, 2.05) is 152 Å². The normalized spacial score (nSPS) is 39.6. The first-order chi connectivity index (χ1) is 56.0. The smallest absolute Gasteiger partial charge is 0.303 e. The number of hydrogen-bond acceptors (Lipinski definition) is 21. The van der Waals surface area contributed by atoms with Crippen molar-refractivity contribution in [1.29, 1.82) is 0 Å². The van der Waals surface area contributed by atoms with Crippen LogP contribution in [0.15, 0.2) is 152 Å². The average molecular weight is 1610 g/mol. The summed E-state index contributed by atoms with van der Waals surface area (Å²) >= 11 is 0. The zero-order valence-corrected chi connectivity index (χ0v) is 71.7. The van der Waals surface area contributed by atoms with Crippen LogP contribution in [-0.4, -0.2) is 173 Å². The molecule has 7 heterocycles. The molecule has 7 aliphatic heterocycles. The highest BCUT2D eigenvalue weighted by molar-refractivity contribution is 5.66. The highest BCUT2D eigenvalue weighted by Gasteiger charge is 2.57. The van der Waals surface area contributed by atoms with Gasteiger partial charge in [0.2, 0.25) is 0 Å². The molecular formula is C95H136O21. The molecule has 0 amide bonds. The van der Waals surface area contributed by atoms with Crippen molar-refractivity contribution in [2.75, 3.05) is 26.4 Å². The molecule has 0 aliphatic carbocycles. The van der Waals surface area contributed by atoms with Crippen LogP contribution in [0.25, 0.3) is 0 Å². The Bertz CT molecular complexity index is 3650. The van der Waals surface area contributed by atoms with E-state index in [1.54, 1.807) is 0 Å². The minimum atomic E-state index is -1.45. The Labute approximate surface area is 690 Å². The predicted molar refractivity (Wildman–Crippen MR) is 437 cm³/mol. The quantitative estimate of drug-likeness (QED) is 0.0373. The molecule has 116 heavy (non-hydrogen) atoms. The van der Waals surface area contributed by atoms with E-state index in [2.05, 4.69) is 111 Å². The van der Waals surface area contributed by atoms with Crippen molar-refractivity contribution in [3.8, 4) is 0 Å². The van der Waals surface area contributed by atoms with Crippen molar-refractivity contribution in [3.05, 3.63) is 179 Å². The molecule has 1 N–H and O–H groups in total. The number of benzene rings is 5. The molecule has 7 aliphatic rings. The number of hydrogen-bond donors (Lipinski definition) is 1. The highest BCUT2D eigenvalue weighted by atomic mass is 16.8. The SMILES string of the molecule is CCC1O[C@@H](OC2[C@H](O[C@@H]3C(OCc4ccccc4)[C@H](O[C@@H]4C(COCc5ccccc5)O[C@@H](OCc5ccccc5)C(C)[C@H]4C)OC(CO[C@H]4OC(CC)[C@@H](C)[C@H](C)C4O[C@@H]4OC(COCc5ccccc5)[C@@H](O[C@@H]5OC(COCc6ccccc6)[C@H](C)[C@H](C)C5OC(C)=O)[C@H](C)C4C)[C@H]3O)OC(CC)[C@H](C)[C@H]2C)C(C)[C@@H](C)C1C. The Kier molecular flexibility index (Phi) is 33.4. The van der Waals surface area contributed by atoms with Crippen LogP contribution in [0.2, 0.25) is 0 Å². The number of ether oxygens (including phenoxy) is 19. The van der Waals surface area contributed by atoms with E-state index in [4.69, 9.17) is 90.0 Å². The van der Waals surface area contributed by atoms with Crippen LogP contribution in [0.3, 0.4) is 0 Å². The molecule has 0 radical (unpaired) electrons. The second-order valence-corrected chi connectivity index (χ2v) is 34.7. The van der Waals surface area contributed by atoms with E-state index < -0.39 is 117 Å². The summed E-state index contributed by atoms with van der Waals surface area (Å²) in [6.45, 7) is 37.9. The van der Waals surface area contributed by atoms with Gasteiger partial charge >= 0.3 is 5.97 Å². The molecule has 21 heteroatoms. The van der Waals surface area contributed by atoms with Crippen LogP contribution in [-0.2, 0) is 128 Å². The third-order valence-electron chi connectivity index (χ3n) is 27.2. The lowest BCUT2D eigenvalue weighted by molar-refractivity contribution is -0.392. The first-order valence-electron chi connectivity index (χ1n) is 43.5. The van der Waals surface area contributed by atoms with Crippen molar-refractivity contribution < 1.29 is 99.9 Å². The van der Waals surface area contributed by atoms with Crippen LogP contribution >= 0.6 is 0 Å². The van der Waals surface area contributed by atoms with Gasteiger partial charge in [-0.1, -0.05) is 262 Å². The van der Waals surface area contributed by atoms with Gasteiger partial charge in [0.05, 0.1) is 96.1 Å². The van der Waals surface area contributed by atoms with Crippen molar-refractivity contribution in [1.82, 2.24) is 0 Å². The molecule has 7 saturated heterocycles. The van der Waals surface area contributed by atoms with Crippen molar-refractivity contribution >= 4 is 5.97 Å². The van der Waals surface area contributed by atoms with Crippen LogP contribution in [0, 0.1) is 76.9 Å². The molecule has 5 aromatic rings. The van der Waals surface area contributed by atoms with E-state index >= 15 is 0 Å². The number of aliphatic hydroxyl groups is 1. The molecule has 12 rings (SSSR count). The monoisotopic (exact) mass is 1610 g/mol. The molecule has 0 spiro atoms. The van der Waals surface area contributed by atoms with Gasteiger partial charge in [0, 0.05) is 30.6 Å². The van der Waals surface area contributed by atoms with E-state index in [1.165, 1.54) is 6.92 Å².